The topological polar surface area (TPSA) is 75.9 Å². The maximum Gasteiger partial charge on any atom is 0.289 e. The van der Waals surface area contributed by atoms with Crippen LogP contribution in [0.3, 0.4) is 0 Å². The third kappa shape index (κ3) is 4.08. The van der Waals surface area contributed by atoms with E-state index in [0.29, 0.717) is 45.0 Å². The van der Waals surface area contributed by atoms with Crippen LogP contribution >= 0.6 is 11.3 Å². The van der Waals surface area contributed by atoms with E-state index >= 15 is 0 Å². The largest absolute Gasteiger partial charge is 0.459 e. The lowest BCUT2D eigenvalue weighted by Gasteiger charge is -2.34. The number of thiazole rings is 1. The van der Waals surface area contributed by atoms with E-state index in [2.05, 4.69) is 4.98 Å². The van der Waals surface area contributed by atoms with Crippen molar-refractivity contribution in [2.75, 3.05) is 33.3 Å². The van der Waals surface area contributed by atoms with Gasteiger partial charge < -0.3 is 19.0 Å². The van der Waals surface area contributed by atoms with Gasteiger partial charge in [-0.25, -0.2) is 4.98 Å². The minimum absolute atomic E-state index is 0.0702. The van der Waals surface area contributed by atoms with E-state index < -0.39 is 0 Å². The Kier molecular flexibility index (Phi) is 5.50. The molecule has 0 aromatic carbocycles. The number of ether oxygens (including phenoxy) is 1. The summed E-state index contributed by atoms with van der Waals surface area (Å²) in [5.74, 6) is 0.283. The van der Waals surface area contributed by atoms with Crippen molar-refractivity contribution in [1.29, 1.82) is 0 Å². The van der Waals surface area contributed by atoms with Gasteiger partial charge in [0.15, 0.2) is 5.76 Å². The van der Waals surface area contributed by atoms with E-state index in [1.165, 1.54) is 17.6 Å². The smallest absolute Gasteiger partial charge is 0.289 e. The number of nitrogens with zero attached hydrogens (tertiary/aromatic N) is 3. The average molecular weight is 363 g/mol. The molecule has 3 heterocycles. The van der Waals surface area contributed by atoms with Gasteiger partial charge in [0.25, 0.3) is 5.91 Å². The Morgan fingerprint density at radius 3 is 2.64 bits per heavy atom. The zero-order chi connectivity index (χ0) is 17.8. The standard InChI is InChI=1S/C17H21N3O4S/c1-12-14(25-15(18-12)11-23-2)10-16(21)19-5-7-20(8-6-19)17(22)13-4-3-9-24-13/h3-4,9H,5-8,10-11H2,1-2H3. The van der Waals surface area contributed by atoms with Gasteiger partial charge in [0.2, 0.25) is 5.91 Å². The van der Waals surface area contributed by atoms with E-state index in [0.717, 1.165) is 15.6 Å². The molecule has 0 spiro atoms. The first kappa shape index (κ1) is 17.6. The van der Waals surface area contributed by atoms with Gasteiger partial charge in [-0.3, -0.25) is 9.59 Å². The SMILES string of the molecule is COCc1nc(C)c(CC(=O)N2CCN(C(=O)c3ccco3)CC2)s1. The number of aryl methyl sites for hydroxylation is 1. The molecule has 0 saturated carbocycles. The zero-order valence-corrected chi connectivity index (χ0v) is 15.2. The first-order valence-electron chi connectivity index (χ1n) is 8.13. The number of piperazine rings is 1. The molecule has 8 heteroatoms. The number of hydrogen-bond acceptors (Lipinski definition) is 6. The van der Waals surface area contributed by atoms with Crippen molar-refractivity contribution in [3.8, 4) is 0 Å². The summed E-state index contributed by atoms with van der Waals surface area (Å²) in [7, 11) is 1.63. The van der Waals surface area contributed by atoms with E-state index in [9.17, 15) is 9.59 Å². The van der Waals surface area contributed by atoms with Crippen molar-refractivity contribution in [2.45, 2.75) is 20.0 Å². The van der Waals surface area contributed by atoms with Crippen molar-refractivity contribution >= 4 is 23.2 Å². The summed E-state index contributed by atoms with van der Waals surface area (Å²) in [6, 6.07) is 3.35. The highest BCUT2D eigenvalue weighted by Gasteiger charge is 2.26. The molecule has 0 unspecified atom stereocenters. The molecule has 1 fully saturated rings. The van der Waals surface area contributed by atoms with Crippen LogP contribution in [-0.2, 0) is 22.6 Å². The van der Waals surface area contributed by atoms with E-state index in [1.807, 2.05) is 6.92 Å². The van der Waals surface area contributed by atoms with Crippen LogP contribution in [0.15, 0.2) is 22.8 Å². The van der Waals surface area contributed by atoms with Gasteiger partial charge in [0.05, 0.1) is 25.0 Å². The fraction of sp³-hybridized carbons (Fsp3) is 0.471. The Balaban J connectivity index is 1.54. The van der Waals surface area contributed by atoms with Crippen LogP contribution in [-0.4, -0.2) is 59.9 Å². The fourth-order valence-corrected chi connectivity index (χ4v) is 3.83. The molecule has 3 rings (SSSR count). The quantitative estimate of drug-likeness (QED) is 0.808. The summed E-state index contributed by atoms with van der Waals surface area (Å²) < 4.78 is 10.2. The van der Waals surface area contributed by atoms with Crippen molar-refractivity contribution in [2.24, 2.45) is 0 Å². The number of amides is 2. The van der Waals surface area contributed by atoms with Gasteiger partial charge in [-0.15, -0.1) is 11.3 Å². The second-order valence-electron chi connectivity index (χ2n) is 5.88. The third-order valence-corrected chi connectivity index (χ3v) is 5.30. The van der Waals surface area contributed by atoms with Crippen LogP contribution < -0.4 is 0 Å². The Morgan fingerprint density at radius 2 is 2.00 bits per heavy atom. The second-order valence-corrected chi connectivity index (χ2v) is 7.04. The van der Waals surface area contributed by atoms with Crippen molar-refractivity contribution in [3.05, 3.63) is 39.7 Å². The molecule has 134 valence electrons. The lowest BCUT2D eigenvalue weighted by Crippen LogP contribution is -2.50. The molecule has 1 saturated heterocycles. The minimum Gasteiger partial charge on any atom is -0.459 e. The van der Waals surface area contributed by atoms with E-state index in [-0.39, 0.29) is 11.8 Å². The Bertz CT molecular complexity index is 733. The molecule has 0 bridgehead atoms. The van der Waals surface area contributed by atoms with Crippen molar-refractivity contribution in [3.63, 3.8) is 0 Å². The first-order chi connectivity index (χ1) is 12.1. The average Bonchev–Trinajstić information content (AvgIpc) is 3.25. The molecule has 2 aromatic heterocycles. The molecule has 25 heavy (non-hydrogen) atoms. The lowest BCUT2D eigenvalue weighted by atomic mass is 10.2. The molecule has 0 aliphatic carbocycles. The molecule has 0 N–H and O–H groups in total. The molecule has 7 nitrogen and oxygen atoms in total. The normalized spacial score (nSPS) is 14.8. The van der Waals surface area contributed by atoms with Gasteiger partial charge in [0.1, 0.15) is 5.01 Å². The Labute approximate surface area is 150 Å². The summed E-state index contributed by atoms with van der Waals surface area (Å²) >= 11 is 1.52. The van der Waals surface area contributed by atoms with Crippen LogP contribution in [0.4, 0.5) is 0 Å². The van der Waals surface area contributed by atoms with Crippen LogP contribution in [0.5, 0.6) is 0 Å². The maximum atomic E-state index is 12.5. The highest BCUT2D eigenvalue weighted by molar-refractivity contribution is 7.11. The van der Waals surface area contributed by atoms with Crippen LogP contribution in [0.25, 0.3) is 0 Å². The van der Waals surface area contributed by atoms with Gasteiger partial charge in [-0.1, -0.05) is 0 Å². The molecule has 1 aliphatic rings. The number of carbonyl (C=O) groups is 2. The molecule has 1 aliphatic heterocycles. The van der Waals surface area contributed by atoms with Gasteiger partial charge in [-0.05, 0) is 19.1 Å². The Morgan fingerprint density at radius 1 is 1.28 bits per heavy atom. The van der Waals surface area contributed by atoms with Crippen molar-refractivity contribution in [1.82, 2.24) is 14.8 Å². The molecule has 2 aromatic rings. The van der Waals surface area contributed by atoms with Crippen LogP contribution in [0, 0.1) is 6.92 Å². The number of furan rings is 1. The summed E-state index contributed by atoms with van der Waals surface area (Å²) in [4.78, 5) is 33.7. The summed E-state index contributed by atoms with van der Waals surface area (Å²) in [6.45, 7) is 4.48. The number of carbonyl (C=O) groups excluding carboxylic acids is 2. The number of methoxy groups -OCH3 is 1. The number of hydrogen-bond donors (Lipinski definition) is 0. The summed E-state index contributed by atoms with van der Waals surface area (Å²) in [6.07, 6.45) is 1.83. The van der Waals surface area contributed by atoms with E-state index in [4.69, 9.17) is 9.15 Å². The number of rotatable bonds is 5. The fourth-order valence-electron chi connectivity index (χ4n) is 2.80. The summed E-state index contributed by atoms with van der Waals surface area (Å²) in [5, 5.41) is 0.886. The first-order valence-corrected chi connectivity index (χ1v) is 8.95. The summed E-state index contributed by atoms with van der Waals surface area (Å²) in [5.41, 5.74) is 0.886. The molecule has 0 atom stereocenters. The minimum atomic E-state index is -0.125. The molecular formula is C17H21N3O4S. The van der Waals surface area contributed by atoms with Gasteiger partial charge in [-0.2, -0.15) is 0 Å². The molecular weight excluding hydrogens is 342 g/mol. The number of aromatic nitrogens is 1. The highest BCUT2D eigenvalue weighted by Crippen LogP contribution is 2.20. The zero-order valence-electron chi connectivity index (χ0n) is 14.4. The lowest BCUT2D eigenvalue weighted by molar-refractivity contribution is -0.131. The monoisotopic (exact) mass is 363 g/mol. The van der Waals surface area contributed by atoms with Crippen molar-refractivity contribution < 1.29 is 18.7 Å². The third-order valence-electron chi connectivity index (χ3n) is 4.17. The van der Waals surface area contributed by atoms with Crippen LogP contribution in [0.2, 0.25) is 0 Å². The van der Waals surface area contributed by atoms with Crippen LogP contribution in [0.1, 0.15) is 26.1 Å². The molecule has 2 amide bonds. The van der Waals surface area contributed by atoms with E-state index in [1.54, 1.807) is 29.0 Å². The van der Waals surface area contributed by atoms with Gasteiger partial charge >= 0.3 is 0 Å². The highest BCUT2D eigenvalue weighted by atomic mass is 32.1. The Hall–Kier alpha value is -2.19. The van der Waals surface area contributed by atoms with Gasteiger partial charge in [0, 0.05) is 38.2 Å². The predicted octanol–water partition coefficient (Wildman–Crippen LogP) is 1.72. The second kappa shape index (κ2) is 7.79. The molecule has 0 radical (unpaired) electrons. The maximum absolute atomic E-state index is 12.5. The predicted molar refractivity (Wildman–Crippen MR) is 92.5 cm³/mol.